The van der Waals surface area contributed by atoms with Crippen LogP contribution in [-0.2, 0) is 26.1 Å². The molecule has 0 radical (unpaired) electrons. The summed E-state index contributed by atoms with van der Waals surface area (Å²) >= 11 is 0. The zero-order chi connectivity index (χ0) is 14.2. The first-order valence-electron chi connectivity index (χ1n) is 7.49. The Morgan fingerprint density at radius 1 is 1.45 bits per heavy atom. The Morgan fingerprint density at radius 2 is 2.30 bits per heavy atom. The van der Waals surface area contributed by atoms with E-state index in [1.165, 1.54) is 5.69 Å². The number of fused-ring (bicyclic) bond motifs is 1. The second-order valence-corrected chi connectivity index (χ2v) is 5.96. The number of hydrogen-bond donors (Lipinski definition) is 3. The van der Waals surface area contributed by atoms with Crippen molar-refractivity contribution in [2.24, 2.45) is 0 Å². The molecule has 1 atom stereocenters. The molecule has 3 heterocycles. The van der Waals surface area contributed by atoms with Crippen LogP contribution in [0, 0.1) is 0 Å². The predicted molar refractivity (Wildman–Crippen MR) is 75.2 cm³/mol. The molecule has 3 rings (SSSR count). The highest BCUT2D eigenvalue weighted by molar-refractivity contribution is 5.28. The fourth-order valence-electron chi connectivity index (χ4n) is 3.42. The average molecular weight is 280 g/mol. The summed E-state index contributed by atoms with van der Waals surface area (Å²) in [5.74, 6) is 0. The second-order valence-electron chi connectivity index (χ2n) is 5.96. The van der Waals surface area contributed by atoms with E-state index in [1.807, 2.05) is 4.68 Å². The first-order valence-corrected chi connectivity index (χ1v) is 7.49. The highest BCUT2D eigenvalue weighted by Crippen LogP contribution is 2.25. The van der Waals surface area contributed by atoms with Gasteiger partial charge in [0.1, 0.15) is 0 Å². The standard InChI is InChI=1S/C14H24N4O2/c1-2-18-13-3-6-17(7-11(13)12(8-19)16-18)10-14(20)4-5-15-9-14/h15,19-20H,2-10H2,1H3/t14-/m1/s1. The molecule has 0 saturated carbocycles. The summed E-state index contributed by atoms with van der Waals surface area (Å²) in [6.07, 6.45) is 1.76. The molecule has 6 heteroatoms. The highest BCUT2D eigenvalue weighted by Gasteiger charge is 2.35. The van der Waals surface area contributed by atoms with Crippen molar-refractivity contribution in [1.82, 2.24) is 20.0 Å². The first kappa shape index (κ1) is 14.0. The molecule has 1 fully saturated rings. The molecular formula is C14H24N4O2. The van der Waals surface area contributed by atoms with Gasteiger partial charge in [0, 0.05) is 50.4 Å². The fourth-order valence-corrected chi connectivity index (χ4v) is 3.42. The molecule has 0 aliphatic carbocycles. The van der Waals surface area contributed by atoms with Crippen LogP contribution in [0.5, 0.6) is 0 Å². The van der Waals surface area contributed by atoms with Gasteiger partial charge in [-0.1, -0.05) is 0 Å². The van der Waals surface area contributed by atoms with E-state index >= 15 is 0 Å². The number of aliphatic hydroxyl groups is 2. The van der Waals surface area contributed by atoms with Crippen molar-refractivity contribution in [3.05, 3.63) is 17.0 Å². The van der Waals surface area contributed by atoms with Crippen molar-refractivity contribution in [3.8, 4) is 0 Å². The van der Waals surface area contributed by atoms with Gasteiger partial charge in [-0.25, -0.2) is 0 Å². The van der Waals surface area contributed by atoms with Gasteiger partial charge in [0.25, 0.3) is 0 Å². The Balaban J connectivity index is 1.76. The van der Waals surface area contributed by atoms with E-state index in [4.69, 9.17) is 0 Å². The van der Waals surface area contributed by atoms with Crippen LogP contribution in [0.25, 0.3) is 0 Å². The summed E-state index contributed by atoms with van der Waals surface area (Å²) in [4.78, 5) is 2.29. The van der Waals surface area contributed by atoms with Crippen LogP contribution < -0.4 is 5.32 Å². The Labute approximate surface area is 119 Å². The third-order valence-electron chi connectivity index (χ3n) is 4.48. The number of nitrogens with zero attached hydrogens (tertiary/aromatic N) is 3. The van der Waals surface area contributed by atoms with Crippen molar-refractivity contribution in [2.75, 3.05) is 26.2 Å². The molecular weight excluding hydrogens is 256 g/mol. The van der Waals surface area contributed by atoms with Gasteiger partial charge < -0.3 is 15.5 Å². The average Bonchev–Trinajstić information content (AvgIpc) is 3.02. The number of aliphatic hydroxyl groups excluding tert-OH is 1. The molecule has 0 spiro atoms. The minimum atomic E-state index is -0.600. The van der Waals surface area contributed by atoms with Crippen molar-refractivity contribution >= 4 is 0 Å². The van der Waals surface area contributed by atoms with E-state index in [-0.39, 0.29) is 6.61 Å². The number of rotatable bonds is 4. The molecule has 6 nitrogen and oxygen atoms in total. The minimum absolute atomic E-state index is 0.00496. The number of β-amino-alcohol motifs (C(OH)–C–C–N with tert-alkyl or cyclic N) is 1. The van der Waals surface area contributed by atoms with Gasteiger partial charge in [-0.05, 0) is 19.9 Å². The summed E-state index contributed by atoms with van der Waals surface area (Å²) in [5.41, 5.74) is 2.61. The zero-order valence-corrected chi connectivity index (χ0v) is 12.1. The number of aryl methyl sites for hydroxylation is 1. The predicted octanol–water partition coefficient (Wildman–Crippen LogP) is -0.522. The van der Waals surface area contributed by atoms with Gasteiger partial charge in [0.05, 0.1) is 17.9 Å². The van der Waals surface area contributed by atoms with Crippen LogP contribution in [0.15, 0.2) is 0 Å². The van der Waals surface area contributed by atoms with Gasteiger partial charge in [0.15, 0.2) is 0 Å². The molecule has 20 heavy (non-hydrogen) atoms. The lowest BCUT2D eigenvalue weighted by Gasteiger charge is -2.33. The van der Waals surface area contributed by atoms with Crippen molar-refractivity contribution in [2.45, 2.75) is 45.1 Å². The third kappa shape index (κ3) is 2.48. The van der Waals surface area contributed by atoms with Crippen molar-refractivity contribution in [1.29, 1.82) is 0 Å². The maximum atomic E-state index is 10.5. The lowest BCUT2D eigenvalue weighted by atomic mass is 9.99. The quantitative estimate of drug-likeness (QED) is 0.692. The highest BCUT2D eigenvalue weighted by atomic mass is 16.3. The smallest absolute Gasteiger partial charge is 0.0926 e. The molecule has 2 aliphatic heterocycles. The number of aromatic nitrogens is 2. The molecule has 1 aromatic heterocycles. The van der Waals surface area contributed by atoms with E-state index in [0.717, 1.165) is 50.3 Å². The lowest BCUT2D eigenvalue weighted by Crippen LogP contribution is -2.46. The summed E-state index contributed by atoms with van der Waals surface area (Å²) in [7, 11) is 0. The van der Waals surface area contributed by atoms with Crippen molar-refractivity contribution < 1.29 is 10.2 Å². The van der Waals surface area contributed by atoms with Crippen LogP contribution in [0.2, 0.25) is 0 Å². The van der Waals surface area contributed by atoms with Gasteiger partial charge in [-0.15, -0.1) is 0 Å². The largest absolute Gasteiger partial charge is 0.390 e. The van der Waals surface area contributed by atoms with Crippen LogP contribution in [0.4, 0.5) is 0 Å². The van der Waals surface area contributed by atoms with Gasteiger partial charge >= 0.3 is 0 Å². The summed E-state index contributed by atoms with van der Waals surface area (Å²) in [5, 5.41) is 27.7. The molecule has 3 N–H and O–H groups in total. The Kier molecular flexibility index (Phi) is 3.81. The van der Waals surface area contributed by atoms with Crippen molar-refractivity contribution in [3.63, 3.8) is 0 Å². The van der Waals surface area contributed by atoms with Gasteiger partial charge in [-0.2, -0.15) is 5.10 Å². The van der Waals surface area contributed by atoms with Crippen LogP contribution in [0.3, 0.4) is 0 Å². The Morgan fingerprint density at radius 3 is 2.95 bits per heavy atom. The molecule has 0 amide bonds. The summed E-state index contributed by atoms with van der Waals surface area (Å²) < 4.78 is 2.00. The number of hydrogen-bond acceptors (Lipinski definition) is 5. The Hall–Kier alpha value is -0.950. The third-order valence-corrected chi connectivity index (χ3v) is 4.48. The Bertz CT molecular complexity index is 480. The zero-order valence-electron chi connectivity index (χ0n) is 12.1. The summed E-state index contributed by atoms with van der Waals surface area (Å²) in [6, 6.07) is 0. The van der Waals surface area contributed by atoms with Crippen LogP contribution >= 0.6 is 0 Å². The van der Waals surface area contributed by atoms with Gasteiger partial charge in [-0.3, -0.25) is 9.58 Å². The van der Waals surface area contributed by atoms with E-state index in [9.17, 15) is 10.2 Å². The molecule has 0 aromatic carbocycles. The SMILES string of the molecule is CCn1nc(CO)c2c1CCN(C[C@@]1(O)CCNC1)C2. The maximum absolute atomic E-state index is 10.5. The molecule has 1 saturated heterocycles. The minimum Gasteiger partial charge on any atom is -0.390 e. The molecule has 1 aromatic rings. The first-order chi connectivity index (χ1) is 9.65. The van der Waals surface area contributed by atoms with E-state index in [1.54, 1.807) is 0 Å². The molecule has 0 unspecified atom stereocenters. The van der Waals surface area contributed by atoms with E-state index in [2.05, 4.69) is 22.2 Å². The molecule has 0 bridgehead atoms. The second kappa shape index (κ2) is 5.44. The maximum Gasteiger partial charge on any atom is 0.0926 e. The molecule has 2 aliphatic rings. The topological polar surface area (TPSA) is 73.5 Å². The molecule has 112 valence electrons. The van der Waals surface area contributed by atoms with Crippen LogP contribution in [-0.4, -0.2) is 56.7 Å². The van der Waals surface area contributed by atoms with Gasteiger partial charge in [0.2, 0.25) is 0 Å². The number of nitrogens with one attached hydrogen (secondary N) is 1. The van der Waals surface area contributed by atoms with Crippen LogP contribution in [0.1, 0.15) is 30.3 Å². The monoisotopic (exact) mass is 280 g/mol. The van der Waals surface area contributed by atoms with E-state index in [0.29, 0.717) is 13.1 Å². The normalized spacial score (nSPS) is 26.9. The summed E-state index contributed by atoms with van der Waals surface area (Å²) in [6.45, 7) is 6.92. The fraction of sp³-hybridized carbons (Fsp3) is 0.786. The van der Waals surface area contributed by atoms with E-state index < -0.39 is 5.60 Å². The lowest BCUT2D eigenvalue weighted by molar-refractivity contribution is 0.0164.